The molecule has 2 rings (SSSR count). The summed E-state index contributed by atoms with van der Waals surface area (Å²) in [6, 6.07) is 0. The fourth-order valence-corrected chi connectivity index (χ4v) is 1.19. The van der Waals surface area contributed by atoms with E-state index >= 15 is 0 Å². The van der Waals surface area contributed by atoms with Gasteiger partial charge in [0.05, 0.1) is 12.4 Å². The number of allylic oxidation sites excluding steroid dienone is 2. The van der Waals surface area contributed by atoms with Gasteiger partial charge in [-0.25, -0.2) is 9.97 Å². The van der Waals surface area contributed by atoms with Gasteiger partial charge in [-0.1, -0.05) is 23.8 Å². The van der Waals surface area contributed by atoms with Crippen molar-refractivity contribution in [2.24, 2.45) is 0 Å². The molecular weight excluding hydrogens is 186 g/mol. The molecule has 0 bridgehead atoms. The number of anilines is 1. The molecule has 0 radical (unpaired) electrons. The van der Waals surface area contributed by atoms with Crippen molar-refractivity contribution in [2.75, 3.05) is 11.4 Å². The third kappa shape index (κ3) is 1.87. The normalized spacial score (nSPS) is 15.0. The van der Waals surface area contributed by atoms with E-state index in [0.29, 0.717) is 5.15 Å². The van der Waals surface area contributed by atoms with Gasteiger partial charge in [-0.15, -0.1) is 0 Å². The number of hydrogen-bond donors (Lipinski definition) is 0. The Morgan fingerprint density at radius 1 is 1.23 bits per heavy atom. The second-order valence-electron chi connectivity index (χ2n) is 2.62. The Hall–Kier alpha value is -1.35. The van der Waals surface area contributed by atoms with Crippen LogP contribution in [-0.2, 0) is 0 Å². The van der Waals surface area contributed by atoms with Gasteiger partial charge < -0.3 is 4.90 Å². The van der Waals surface area contributed by atoms with Crippen molar-refractivity contribution in [1.29, 1.82) is 0 Å². The number of nitrogens with zero attached hydrogens (tertiary/aromatic N) is 3. The second-order valence-corrected chi connectivity index (χ2v) is 3.01. The molecule has 0 atom stereocenters. The quantitative estimate of drug-likeness (QED) is 0.684. The Bertz CT molecular complexity index is 342. The minimum atomic E-state index is 0.417. The first kappa shape index (κ1) is 8.26. The summed E-state index contributed by atoms with van der Waals surface area (Å²) in [6.45, 7) is 0.826. The molecule has 1 aromatic rings. The van der Waals surface area contributed by atoms with E-state index in [1.54, 1.807) is 12.4 Å². The zero-order valence-corrected chi connectivity index (χ0v) is 7.65. The van der Waals surface area contributed by atoms with Gasteiger partial charge in [0, 0.05) is 12.7 Å². The Labute approximate surface area is 81.4 Å². The highest BCUT2D eigenvalue weighted by atomic mass is 35.5. The maximum atomic E-state index is 5.63. The van der Waals surface area contributed by atoms with Crippen molar-refractivity contribution < 1.29 is 0 Å². The van der Waals surface area contributed by atoms with Gasteiger partial charge in [0.1, 0.15) is 5.15 Å². The van der Waals surface area contributed by atoms with Gasteiger partial charge in [0.25, 0.3) is 0 Å². The smallest absolute Gasteiger partial charge is 0.151 e. The van der Waals surface area contributed by atoms with Crippen molar-refractivity contribution >= 4 is 17.4 Å². The lowest BCUT2D eigenvalue weighted by Gasteiger charge is -2.18. The summed E-state index contributed by atoms with van der Waals surface area (Å²) < 4.78 is 0. The summed E-state index contributed by atoms with van der Waals surface area (Å²) in [6.07, 6.45) is 11.2. The molecule has 3 nitrogen and oxygen atoms in total. The SMILES string of the molecule is Clc1cnc(N2C=CC=CC2)cn1. The maximum absolute atomic E-state index is 5.63. The van der Waals surface area contributed by atoms with Crippen LogP contribution in [0.2, 0.25) is 5.15 Å². The minimum Gasteiger partial charge on any atom is -0.328 e. The van der Waals surface area contributed by atoms with Gasteiger partial charge in [-0.3, -0.25) is 0 Å². The lowest BCUT2D eigenvalue weighted by atomic mass is 10.3. The molecule has 0 spiro atoms. The van der Waals surface area contributed by atoms with Gasteiger partial charge in [0.15, 0.2) is 5.82 Å². The van der Waals surface area contributed by atoms with Crippen LogP contribution in [0.3, 0.4) is 0 Å². The van der Waals surface area contributed by atoms with Gasteiger partial charge >= 0.3 is 0 Å². The molecule has 66 valence electrons. The third-order valence-corrected chi connectivity index (χ3v) is 1.91. The van der Waals surface area contributed by atoms with Crippen LogP contribution in [-0.4, -0.2) is 16.5 Å². The highest BCUT2D eigenvalue weighted by molar-refractivity contribution is 6.29. The molecule has 0 aromatic carbocycles. The van der Waals surface area contributed by atoms with E-state index in [0.717, 1.165) is 12.4 Å². The second kappa shape index (κ2) is 3.58. The Morgan fingerprint density at radius 3 is 2.77 bits per heavy atom. The van der Waals surface area contributed by atoms with Crippen LogP contribution in [0, 0.1) is 0 Å². The van der Waals surface area contributed by atoms with Crippen LogP contribution in [0.5, 0.6) is 0 Å². The summed E-state index contributed by atoms with van der Waals surface area (Å²) in [4.78, 5) is 10.1. The summed E-state index contributed by atoms with van der Waals surface area (Å²) in [7, 11) is 0. The Balaban J connectivity index is 2.21. The lowest BCUT2D eigenvalue weighted by Crippen LogP contribution is -2.18. The monoisotopic (exact) mass is 193 g/mol. The van der Waals surface area contributed by atoms with E-state index in [4.69, 9.17) is 11.6 Å². The van der Waals surface area contributed by atoms with E-state index in [9.17, 15) is 0 Å². The van der Waals surface area contributed by atoms with Crippen LogP contribution in [0.4, 0.5) is 5.82 Å². The molecule has 0 unspecified atom stereocenters. The first-order valence-electron chi connectivity index (χ1n) is 3.94. The summed E-state index contributed by atoms with van der Waals surface area (Å²) in [5.41, 5.74) is 0. The van der Waals surface area contributed by atoms with Gasteiger partial charge in [0.2, 0.25) is 0 Å². The molecule has 4 heteroatoms. The van der Waals surface area contributed by atoms with Crippen molar-refractivity contribution in [2.45, 2.75) is 0 Å². The molecule has 0 saturated heterocycles. The van der Waals surface area contributed by atoms with Crippen LogP contribution >= 0.6 is 11.6 Å². The Kier molecular flexibility index (Phi) is 2.27. The van der Waals surface area contributed by atoms with Crippen LogP contribution in [0.25, 0.3) is 0 Å². The van der Waals surface area contributed by atoms with E-state index in [1.165, 1.54) is 0 Å². The highest BCUT2D eigenvalue weighted by Gasteiger charge is 2.04. The average Bonchev–Trinajstić information content (AvgIpc) is 2.20. The zero-order valence-electron chi connectivity index (χ0n) is 6.89. The van der Waals surface area contributed by atoms with E-state index in [2.05, 4.69) is 16.0 Å². The molecule has 2 heterocycles. The van der Waals surface area contributed by atoms with E-state index < -0.39 is 0 Å². The molecule has 0 N–H and O–H groups in total. The number of rotatable bonds is 1. The molecule has 0 aliphatic carbocycles. The average molecular weight is 194 g/mol. The largest absolute Gasteiger partial charge is 0.328 e. The molecule has 0 saturated carbocycles. The topological polar surface area (TPSA) is 29.0 Å². The summed E-state index contributed by atoms with van der Waals surface area (Å²) in [5.74, 6) is 0.810. The molecule has 1 aliphatic heterocycles. The molecule has 0 fully saturated rings. The third-order valence-electron chi connectivity index (χ3n) is 1.72. The number of aromatic nitrogens is 2. The zero-order chi connectivity index (χ0) is 9.10. The predicted molar refractivity (Wildman–Crippen MR) is 52.7 cm³/mol. The molecule has 1 aliphatic rings. The van der Waals surface area contributed by atoms with E-state index in [-0.39, 0.29) is 0 Å². The van der Waals surface area contributed by atoms with Crippen molar-refractivity contribution in [3.8, 4) is 0 Å². The van der Waals surface area contributed by atoms with Crippen molar-refractivity contribution in [1.82, 2.24) is 9.97 Å². The number of hydrogen-bond acceptors (Lipinski definition) is 3. The van der Waals surface area contributed by atoms with Crippen LogP contribution in [0.1, 0.15) is 0 Å². The fraction of sp³-hybridized carbons (Fsp3) is 0.111. The van der Waals surface area contributed by atoms with Gasteiger partial charge in [-0.05, 0) is 6.08 Å². The fourth-order valence-electron chi connectivity index (χ4n) is 1.09. The lowest BCUT2D eigenvalue weighted by molar-refractivity contribution is 1.01. The molecule has 0 amide bonds. The first-order valence-corrected chi connectivity index (χ1v) is 4.31. The standard InChI is InChI=1S/C9H8ClN3/c10-8-6-12-9(7-11-8)13-4-2-1-3-5-13/h1-4,6-7H,5H2. The molecular formula is C9H8ClN3. The van der Waals surface area contributed by atoms with Crippen LogP contribution < -0.4 is 4.90 Å². The van der Waals surface area contributed by atoms with Crippen molar-refractivity contribution in [3.05, 3.63) is 42.0 Å². The number of halogens is 1. The first-order chi connectivity index (χ1) is 6.36. The van der Waals surface area contributed by atoms with Gasteiger partial charge in [-0.2, -0.15) is 0 Å². The minimum absolute atomic E-state index is 0.417. The summed E-state index contributed by atoms with van der Waals surface area (Å²) in [5, 5.41) is 0.417. The predicted octanol–water partition coefficient (Wildman–Crippen LogP) is 2.02. The Morgan fingerprint density at radius 2 is 2.15 bits per heavy atom. The molecule has 1 aromatic heterocycles. The van der Waals surface area contributed by atoms with Crippen molar-refractivity contribution in [3.63, 3.8) is 0 Å². The maximum Gasteiger partial charge on any atom is 0.151 e. The van der Waals surface area contributed by atoms with E-state index in [1.807, 2.05) is 23.3 Å². The highest BCUT2D eigenvalue weighted by Crippen LogP contribution is 2.13. The summed E-state index contributed by atoms with van der Waals surface area (Å²) >= 11 is 5.63. The van der Waals surface area contributed by atoms with Crippen LogP contribution in [0.15, 0.2) is 36.8 Å². The molecule has 13 heavy (non-hydrogen) atoms.